The van der Waals surface area contributed by atoms with Gasteiger partial charge in [0.25, 0.3) is 0 Å². The lowest BCUT2D eigenvalue weighted by molar-refractivity contribution is -0.126. The van der Waals surface area contributed by atoms with E-state index in [1.165, 1.54) is 4.90 Å². The number of amides is 6. The Labute approximate surface area is 129 Å². The third-order valence-corrected chi connectivity index (χ3v) is 3.35. The van der Waals surface area contributed by atoms with Crippen molar-refractivity contribution in [3.05, 3.63) is 0 Å². The van der Waals surface area contributed by atoms with E-state index in [4.69, 9.17) is 0 Å². The highest BCUT2D eigenvalue weighted by Gasteiger charge is 2.21. The number of nitrogens with zero attached hydrogens (tertiary/aromatic N) is 3. The van der Waals surface area contributed by atoms with Crippen LogP contribution in [0.5, 0.6) is 0 Å². The average Bonchev–Trinajstić information content (AvgIpc) is 3.08. The highest BCUT2D eigenvalue weighted by atomic mass is 16.2. The van der Waals surface area contributed by atoms with Crippen LogP contribution >= 0.6 is 0 Å². The van der Waals surface area contributed by atoms with E-state index in [0.717, 1.165) is 32.5 Å². The summed E-state index contributed by atoms with van der Waals surface area (Å²) in [5, 5.41) is 4.77. The Bertz CT molecular complexity index is 430. The van der Waals surface area contributed by atoms with Gasteiger partial charge in [0, 0.05) is 47.2 Å². The summed E-state index contributed by atoms with van der Waals surface area (Å²) in [6.07, 6.45) is 1.81. The van der Waals surface area contributed by atoms with Crippen molar-refractivity contribution in [1.82, 2.24) is 25.3 Å². The molecule has 2 N–H and O–H groups in total. The van der Waals surface area contributed by atoms with Gasteiger partial charge in [-0.05, 0) is 6.42 Å². The van der Waals surface area contributed by atoms with Crippen LogP contribution < -0.4 is 10.6 Å². The van der Waals surface area contributed by atoms with E-state index in [0.29, 0.717) is 5.91 Å². The molecule has 3 aliphatic heterocycles. The van der Waals surface area contributed by atoms with Gasteiger partial charge in [-0.2, -0.15) is 0 Å². The lowest BCUT2D eigenvalue weighted by Gasteiger charge is -2.03. The minimum atomic E-state index is -0.310. The molecular formula is C13H23N5O4. The predicted molar refractivity (Wildman–Crippen MR) is 79.1 cm³/mol. The fourth-order valence-electron chi connectivity index (χ4n) is 1.89. The molecule has 0 spiro atoms. The molecule has 22 heavy (non-hydrogen) atoms. The summed E-state index contributed by atoms with van der Waals surface area (Å²) in [5.74, 6) is 0.0671. The number of urea groups is 2. The van der Waals surface area contributed by atoms with Crippen LogP contribution in [0.15, 0.2) is 0 Å². The van der Waals surface area contributed by atoms with Gasteiger partial charge in [0.2, 0.25) is 11.8 Å². The average molecular weight is 313 g/mol. The van der Waals surface area contributed by atoms with Gasteiger partial charge in [-0.3, -0.25) is 14.9 Å². The molecule has 0 saturated carbocycles. The van der Waals surface area contributed by atoms with E-state index in [1.807, 2.05) is 7.05 Å². The molecule has 3 heterocycles. The number of nitrogens with one attached hydrogen (secondary N) is 2. The van der Waals surface area contributed by atoms with Crippen molar-refractivity contribution < 1.29 is 19.2 Å². The summed E-state index contributed by atoms with van der Waals surface area (Å²) in [6, 6.07) is -0.269. The molecule has 0 aromatic heterocycles. The van der Waals surface area contributed by atoms with Gasteiger partial charge in [0.1, 0.15) is 6.54 Å². The van der Waals surface area contributed by atoms with Gasteiger partial charge in [-0.15, -0.1) is 0 Å². The van der Waals surface area contributed by atoms with Crippen molar-refractivity contribution >= 4 is 23.9 Å². The second-order valence-electron chi connectivity index (χ2n) is 5.28. The molecule has 0 aliphatic carbocycles. The zero-order valence-corrected chi connectivity index (χ0v) is 13.2. The summed E-state index contributed by atoms with van der Waals surface area (Å²) in [7, 11) is 5.19. The number of rotatable bonds is 0. The minimum absolute atomic E-state index is 0.0417. The first-order valence-electron chi connectivity index (χ1n) is 7.09. The molecule has 0 aromatic rings. The molecular weight excluding hydrogens is 290 g/mol. The van der Waals surface area contributed by atoms with Gasteiger partial charge < -0.3 is 20.0 Å². The molecule has 0 unspecified atom stereocenters. The van der Waals surface area contributed by atoms with Crippen LogP contribution in [0.3, 0.4) is 0 Å². The van der Waals surface area contributed by atoms with Crippen molar-refractivity contribution in [2.24, 2.45) is 0 Å². The van der Waals surface area contributed by atoms with Gasteiger partial charge in [-0.1, -0.05) is 0 Å². The fourth-order valence-corrected chi connectivity index (χ4v) is 1.89. The first-order valence-corrected chi connectivity index (χ1v) is 7.09. The quantitative estimate of drug-likeness (QED) is 0.563. The van der Waals surface area contributed by atoms with Crippen molar-refractivity contribution in [1.29, 1.82) is 0 Å². The van der Waals surface area contributed by atoms with Crippen molar-refractivity contribution in [2.75, 3.05) is 47.3 Å². The number of imide groups is 1. The van der Waals surface area contributed by atoms with E-state index in [-0.39, 0.29) is 24.5 Å². The maximum absolute atomic E-state index is 10.5. The van der Waals surface area contributed by atoms with Crippen LogP contribution in [0.2, 0.25) is 0 Å². The Morgan fingerprint density at radius 1 is 0.864 bits per heavy atom. The van der Waals surface area contributed by atoms with E-state index in [2.05, 4.69) is 10.6 Å². The molecule has 124 valence electrons. The van der Waals surface area contributed by atoms with Gasteiger partial charge in [-0.25, -0.2) is 9.59 Å². The zero-order chi connectivity index (χ0) is 16.7. The third kappa shape index (κ3) is 5.58. The first kappa shape index (κ1) is 17.7. The van der Waals surface area contributed by atoms with Crippen molar-refractivity contribution in [2.45, 2.75) is 12.8 Å². The summed E-state index contributed by atoms with van der Waals surface area (Å²) in [5.41, 5.74) is 0. The van der Waals surface area contributed by atoms with E-state index in [1.54, 1.807) is 23.9 Å². The van der Waals surface area contributed by atoms with Crippen LogP contribution in [-0.2, 0) is 9.59 Å². The molecule has 3 aliphatic rings. The maximum atomic E-state index is 10.5. The Morgan fingerprint density at radius 3 is 1.68 bits per heavy atom. The normalized spacial score (nSPS) is 20.2. The summed E-state index contributed by atoms with van der Waals surface area (Å²) >= 11 is 0. The Balaban J connectivity index is 0.000000166. The van der Waals surface area contributed by atoms with Crippen LogP contribution in [0.4, 0.5) is 9.59 Å². The second-order valence-corrected chi connectivity index (χ2v) is 5.28. The minimum Gasteiger partial charge on any atom is -0.346 e. The number of likely N-dealkylation sites (N-methyl/N-ethyl adjacent to an activating group) is 2. The lowest BCUT2D eigenvalue weighted by atomic mass is 10.4. The SMILES string of the molecule is CN1CC(=O)NC1=O.CN1CCCC1=O.CN1CCNC1=O. The standard InChI is InChI=1S/C5H9NO.C4H6N2O2.C4H8N2O/c1-6-4-2-3-5(6)7;1-6-2-3(7)5-4(6)8;1-6-3-2-5-4(6)7/h2-4H2,1H3;2H2,1H3,(H,5,7,8);2-3H2,1H3,(H,5,7). The van der Waals surface area contributed by atoms with Crippen LogP contribution in [0, 0.1) is 0 Å². The number of carbonyl (C=O) groups excluding carboxylic acids is 4. The van der Waals surface area contributed by atoms with Crippen LogP contribution in [-0.4, -0.2) is 85.9 Å². The van der Waals surface area contributed by atoms with Crippen LogP contribution in [0.25, 0.3) is 0 Å². The van der Waals surface area contributed by atoms with Crippen LogP contribution in [0.1, 0.15) is 12.8 Å². The number of likely N-dealkylation sites (tertiary alicyclic amines) is 1. The highest BCUT2D eigenvalue weighted by Crippen LogP contribution is 2.04. The summed E-state index contributed by atoms with van der Waals surface area (Å²) < 4.78 is 0. The molecule has 3 fully saturated rings. The van der Waals surface area contributed by atoms with Gasteiger partial charge in [0.05, 0.1) is 0 Å². The van der Waals surface area contributed by atoms with E-state index < -0.39 is 0 Å². The number of carbonyl (C=O) groups is 4. The molecule has 0 aromatic carbocycles. The Kier molecular flexibility index (Phi) is 6.61. The Hall–Kier alpha value is -2.32. The topological polar surface area (TPSA) is 102 Å². The molecule has 3 rings (SSSR count). The Morgan fingerprint density at radius 2 is 1.55 bits per heavy atom. The van der Waals surface area contributed by atoms with Gasteiger partial charge in [0.15, 0.2) is 0 Å². The predicted octanol–water partition coefficient (Wildman–Crippen LogP) is -0.952. The van der Waals surface area contributed by atoms with Crippen molar-refractivity contribution in [3.63, 3.8) is 0 Å². The van der Waals surface area contributed by atoms with E-state index in [9.17, 15) is 19.2 Å². The van der Waals surface area contributed by atoms with E-state index >= 15 is 0 Å². The molecule has 9 heteroatoms. The number of hydrogen-bond donors (Lipinski definition) is 2. The highest BCUT2D eigenvalue weighted by molar-refractivity contribution is 6.01. The summed E-state index contributed by atoms with van der Waals surface area (Å²) in [6.45, 7) is 2.80. The first-order chi connectivity index (χ1) is 10.3. The second kappa shape index (κ2) is 8.20. The third-order valence-electron chi connectivity index (χ3n) is 3.35. The molecule has 0 bridgehead atoms. The molecule has 3 saturated heterocycles. The smallest absolute Gasteiger partial charge is 0.324 e. The molecule has 9 nitrogen and oxygen atoms in total. The molecule has 0 radical (unpaired) electrons. The largest absolute Gasteiger partial charge is 0.346 e. The van der Waals surface area contributed by atoms with Gasteiger partial charge >= 0.3 is 12.1 Å². The summed E-state index contributed by atoms with van der Waals surface area (Å²) in [4.78, 5) is 46.3. The molecule has 0 atom stereocenters. The maximum Gasteiger partial charge on any atom is 0.324 e. The monoisotopic (exact) mass is 313 g/mol. The lowest BCUT2D eigenvalue weighted by Crippen LogP contribution is -2.24. The van der Waals surface area contributed by atoms with Crippen molar-refractivity contribution in [3.8, 4) is 0 Å². The number of hydrogen-bond acceptors (Lipinski definition) is 4. The fraction of sp³-hybridized carbons (Fsp3) is 0.692. The zero-order valence-electron chi connectivity index (χ0n) is 13.2. The molecule has 6 amide bonds.